The van der Waals surface area contributed by atoms with E-state index in [2.05, 4.69) is 20.8 Å². The maximum atomic E-state index is 12.3. The third-order valence-corrected chi connectivity index (χ3v) is 6.00. The Balaban J connectivity index is 1.38. The molecule has 3 aromatic carbocycles. The molecule has 0 aliphatic heterocycles. The van der Waals surface area contributed by atoms with Gasteiger partial charge in [-0.05, 0) is 42.5 Å². The molecular formula is C24H20N6O4S. The van der Waals surface area contributed by atoms with E-state index in [0.717, 1.165) is 17.3 Å². The third kappa shape index (κ3) is 5.71. The van der Waals surface area contributed by atoms with Gasteiger partial charge in [0, 0.05) is 29.9 Å². The number of thioether (sulfide) groups is 1. The first kappa shape index (κ1) is 23.6. The van der Waals surface area contributed by atoms with Crippen LogP contribution in [0.3, 0.4) is 0 Å². The van der Waals surface area contributed by atoms with Crippen LogP contribution in [0.15, 0.2) is 84.0 Å². The van der Waals surface area contributed by atoms with Gasteiger partial charge in [0.05, 0.1) is 10.7 Å². The van der Waals surface area contributed by atoms with Gasteiger partial charge in [-0.25, -0.2) is 0 Å². The molecule has 11 heteroatoms. The molecule has 2 N–H and O–H groups in total. The maximum Gasteiger partial charge on any atom is 0.292 e. The molecule has 0 aliphatic carbocycles. The molecule has 4 rings (SSSR count). The quantitative estimate of drug-likeness (QED) is 0.214. The second kappa shape index (κ2) is 10.6. The lowest BCUT2D eigenvalue weighted by Crippen LogP contribution is -2.15. The molecule has 176 valence electrons. The van der Waals surface area contributed by atoms with Crippen molar-refractivity contribution in [3.8, 4) is 11.4 Å². The van der Waals surface area contributed by atoms with E-state index in [-0.39, 0.29) is 23.0 Å². The predicted molar refractivity (Wildman–Crippen MR) is 133 cm³/mol. The van der Waals surface area contributed by atoms with Gasteiger partial charge in [-0.15, -0.1) is 10.2 Å². The smallest absolute Gasteiger partial charge is 0.292 e. The topological polar surface area (TPSA) is 132 Å². The number of benzene rings is 3. The zero-order valence-electron chi connectivity index (χ0n) is 18.5. The highest BCUT2D eigenvalue weighted by molar-refractivity contribution is 7.99. The molecule has 35 heavy (non-hydrogen) atoms. The third-order valence-electron chi connectivity index (χ3n) is 4.98. The predicted octanol–water partition coefficient (Wildman–Crippen LogP) is 4.37. The molecule has 4 aromatic rings. The van der Waals surface area contributed by atoms with Gasteiger partial charge in [0.25, 0.3) is 11.6 Å². The molecule has 10 nitrogen and oxygen atoms in total. The molecule has 0 atom stereocenters. The molecule has 0 fully saturated rings. The van der Waals surface area contributed by atoms with E-state index in [1.54, 1.807) is 54.1 Å². The number of aromatic nitrogens is 3. The molecule has 0 saturated heterocycles. The molecule has 0 radical (unpaired) electrons. The Morgan fingerprint density at radius 1 is 0.943 bits per heavy atom. The van der Waals surface area contributed by atoms with Crippen molar-refractivity contribution in [2.24, 2.45) is 7.05 Å². The molecule has 1 aromatic heterocycles. The number of hydrogen-bond acceptors (Lipinski definition) is 7. The van der Waals surface area contributed by atoms with Gasteiger partial charge >= 0.3 is 0 Å². The molecule has 0 unspecified atom stereocenters. The van der Waals surface area contributed by atoms with Crippen LogP contribution in [0.25, 0.3) is 11.4 Å². The van der Waals surface area contributed by atoms with Crippen LogP contribution in [-0.4, -0.2) is 37.3 Å². The summed E-state index contributed by atoms with van der Waals surface area (Å²) in [6.07, 6.45) is 0. The fourth-order valence-electron chi connectivity index (χ4n) is 3.24. The van der Waals surface area contributed by atoms with E-state index >= 15 is 0 Å². The van der Waals surface area contributed by atoms with E-state index in [4.69, 9.17) is 0 Å². The number of nitro benzene ring substituents is 1. The van der Waals surface area contributed by atoms with Gasteiger partial charge in [-0.1, -0.05) is 42.1 Å². The summed E-state index contributed by atoms with van der Waals surface area (Å²) in [5.74, 6) is -0.00244. The Hall–Kier alpha value is -4.51. The average Bonchev–Trinajstić information content (AvgIpc) is 3.24. The van der Waals surface area contributed by atoms with Gasteiger partial charge in [-0.2, -0.15) is 0 Å². The van der Waals surface area contributed by atoms with Crippen LogP contribution in [0.4, 0.5) is 17.1 Å². The maximum absolute atomic E-state index is 12.3. The van der Waals surface area contributed by atoms with Crippen LogP contribution < -0.4 is 10.6 Å². The Bertz CT molecular complexity index is 1370. The summed E-state index contributed by atoms with van der Waals surface area (Å²) in [6, 6.07) is 22.1. The lowest BCUT2D eigenvalue weighted by Gasteiger charge is -2.08. The second-order valence-corrected chi connectivity index (χ2v) is 8.32. The minimum Gasteiger partial charge on any atom is -0.322 e. The summed E-state index contributed by atoms with van der Waals surface area (Å²) < 4.78 is 1.75. The van der Waals surface area contributed by atoms with E-state index in [1.807, 2.05) is 18.2 Å². The zero-order valence-corrected chi connectivity index (χ0v) is 19.4. The number of nitrogens with one attached hydrogen (secondary N) is 2. The molecule has 0 aliphatic rings. The average molecular weight is 489 g/mol. The molecular weight excluding hydrogens is 468 g/mol. The van der Waals surface area contributed by atoms with Crippen molar-refractivity contribution in [1.29, 1.82) is 0 Å². The molecule has 2 amide bonds. The van der Waals surface area contributed by atoms with E-state index in [9.17, 15) is 19.7 Å². The normalized spacial score (nSPS) is 10.5. The van der Waals surface area contributed by atoms with Crippen LogP contribution >= 0.6 is 11.8 Å². The van der Waals surface area contributed by atoms with Gasteiger partial charge in [0.2, 0.25) is 5.91 Å². The number of carbonyl (C=O) groups excluding carboxylic acids is 2. The highest BCUT2D eigenvalue weighted by Gasteiger charge is 2.17. The van der Waals surface area contributed by atoms with Crippen LogP contribution in [0.5, 0.6) is 0 Å². The monoisotopic (exact) mass is 488 g/mol. The minimum absolute atomic E-state index is 0.00246. The summed E-state index contributed by atoms with van der Waals surface area (Å²) in [4.78, 5) is 35.2. The number of carbonyl (C=O) groups is 2. The lowest BCUT2D eigenvalue weighted by atomic mass is 10.1. The van der Waals surface area contributed by atoms with Crippen molar-refractivity contribution in [1.82, 2.24) is 14.8 Å². The SMILES string of the molecule is Cn1c(SCC(=O)Nc2ccccc2[N+](=O)[O-])nnc1-c1ccc(NC(=O)c2ccccc2)cc1. The number of rotatable bonds is 8. The van der Waals surface area contributed by atoms with Crippen LogP contribution in [0.2, 0.25) is 0 Å². The number of amides is 2. The zero-order chi connectivity index (χ0) is 24.8. The Morgan fingerprint density at radius 2 is 1.63 bits per heavy atom. The van der Waals surface area contributed by atoms with Gasteiger partial charge in [0.1, 0.15) is 5.69 Å². The largest absolute Gasteiger partial charge is 0.322 e. The Kier molecular flexibility index (Phi) is 7.17. The Labute approximate surface area is 204 Å². The van der Waals surface area contributed by atoms with Crippen molar-refractivity contribution < 1.29 is 14.5 Å². The Morgan fingerprint density at radius 3 is 2.34 bits per heavy atom. The van der Waals surface area contributed by atoms with Crippen LogP contribution in [-0.2, 0) is 11.8 Å². The summed E-state index contributed by atoms with van der Waals surface area (Å²) in [5, 5.41) is 25.4. The molecule has 1 heterocycles. The number of para-hydroxylation sites is 2. The van der Waals surface area contributed by atoms with Crippen molar-refractivity contribution in [2.75, 3.05) is 16.4 Å². The summed E-state index contributed by atoms with van der Waals surface area (Å²) in [5.41, 5.74) is 1.97. The first-order valence-corrected chi connectivity index (χ1v) is 11.4. The highest BCUT2D eigenvalue weighted by atomic mass is 32.2. The van der Waals surface area contributed by atoms with Gasteiger partial charge in [-0.3, -0.25) is 19.7 Å². The van der Waals surface area contributed by atoms with E-state index in [1.165, 1.54) is 18.2 Å². The lowest BCUT2D eigenvalue weighted by molar-refractivity contribution is -0.383. The van der Waals surface area contributed by atoms with Crippen LogP contribution in [0, 0.1) is 10.1 Å². The van der Waals surface area contributed by atoms with Crippen molar-refractivity contribution in [3.05, 3.63) is 94.5 Å². The number of nitro groups is 1. The summed E-state index contributed by atoms with van der Waals surface area (Å²) in [7, 11) is 1.78. The van der Waals surface area contributed by atoms with Crippen LogP contribution in [0.1, 0.15) is 10.4 Å². The van der Waals surface area contributed by atoms with Crippen molar-refractivity contribution in [2.45, 2.75) is 5.16 Å². The first-order valence-electron chi connectivity index (χ1n) is 10.4. The first-order chi connectivity index (χ1) is 16.9. The second-order valence-electron chi connectivity index (χ2n) is 7.37. The summed E-state index contributed by atoms with van der Waals surface area (Å²) in [6.45, 7) is 0. The fraction of sp³-hybridized carbons (Fsp3) is 0.0833. The van der Waals surface area contributed by atoms with Crippen molar-refractivity contribution >= 4 is 40.6 Å². The van der Waals surface area contributed by atoms with Gasteiger partial charge in [0.15, 0.2) is 11.0 Å². The fourth-order valence-corrected chi connectivity index (χ4v) is 3.95. The molecule has 0 spiro atoms. The van der Waals surface area contributed by atoms with Crippen molar-refractivity contribution in [3.63, 3.8) is 0 Å². The number of nitrogens with zero attached hydrogens (tertiary/aromatic N) is 4. The molecule has 0 saturated carbocycles. The molecule has 0 bridgehead atoms. The standard InChI is InChI=1S/C24H20N6O4S/c1-29-22(16-11-13-18(14-12-16)25-23(32)17-7-3-2-4-8-17)27-28-24(29)35-15-21(31)26-19-9-5-6-10-20(19)30(33)34/h2-14H,15H2,1H3,(H,25,32)(H,26,31). The van der Waals surface area contributed by atoms with E-state index in [0.29, 0.717) is 22.2 Å². The summed E-state index contributed by atoms with van der Waals surface area (Å²) >= 11 is 1.16. The number of hydrogen-bond donors (Lipinski definition) is 2. The highest BCUT2D eigenvalue weighted by Crippen LogP contribution is 2.26. The minimum atomic E-state index is -0.546. The van der Waals surface area contributed by atoms with E-state index < -0.39 is 10.8 Å². The number of anilines is 2. The van der Waals surface area contributed by atoms with Gasteiger partial charge < -0.3 is 15.2 Å².